The number of hydrogen-bond donors (Lipinski definition) is 0. The summed E-state index contributed by atoms with van der Waals surface area (Å²) in [4.78, 5) is 25.5. The Labute approximate surface area is 154 Å². The average Bonchev–Trinajstić information content (AvgIpc) is 2.83. The van der Waals surface area contributed by atoms with Crippen LogP contribution in [0, 0.1) is 0 Å². The third kappa shape index (κ3) is 4.31. The molecule has 0 aliphatic carbocycles. The summed E-state index contributed by atoms with van der Waals surface area (Å²) in [5.41, 5.74) is 0.811. The maximum Gasteiger partial charge on any atom is 0.266 e. The molecule has 0 unspecified atom stereocenters. The first kappa shape index (κ1) is 18.8. The van der Waals surface area contributed by atoms with Crippen molar-refractivity contribution in [2.45, 2.75) is 12.5 Å². The Kier molecular flexibility index (Phi) is 6.70. The first-order valence-electron chi connectivity index (χ1n) is 7.09. The number of thioether (sulfide) groups is 2. The normalized spacial score (nSPS) is 17.4. The van der Waals surface area contributed by atoms with Gasteiger partial charge in [-0.05, 0) is 42.2 Å². The molecule has 8 heteroatoms. The third-order valence-corrected chi connectivity index (χ3v) is 5.39. The van der Waals surface area contributed by atoms with Gasteiger partial charge >= 0.3 is 0 Å². The fraction of sp³-hybridized carbons (Fsp3) is 0.312. The van der Waals surface area contributed by atoms with E-state index in [9.17, 15) is 14.7 Å². The van der Waals surface area contributed by atoms with Gasteiger partial charge in [0.05, 0.1) is 24.0 Å². The van der Waals surface area contributed by atoms with Crippen LogP contribution in [-0.4, -0.2) is 46.3 Å². The summed E-state index contributed by atoms with van der Waals surface area (Å²) in [6.07, 6.45) is 3.87. The van der Waals surface area contributed by atoms with Gasteiger partial charge in [0, 0.05) is 0 Å². The fourth-order valence-corrected chi connectivity index (χ4v) is 4.00. The molecule has 128 valence electrons. The molecule has 1 atom stereocenters. The van der Waals surface area contributed by atoms with Crippen molar-refractivity contribution in [1.82, 2.24) is 4.90 Å². The van der Waals surface area contributed by atoms with Crippen molar-refractivity contribution in [1.29, 1.82) is 0 Å². The van der Waals surface area contributed by atoms with E-state index in [1.54, 1.807) is 25.3 Å². The fourth-order valence-electron chi connectivity index (χ4n) is 2.18. The highest BCUT2D eigenvalue weighted by molar-refractivity contribution is 8.26. The molecular weight excluding hydrogens is 366 g/mol. The molecular formula is C16H16NO4S3-. The van der Waals surface area contributed by atoms with Crippen molar-refractivity contribution in [3.8, 4) is 5.75 Å². The Hall–Kier alpha value is -1.51. The Morgan fingerprint density at radius 2 is 2.12 bits per heavy atom. The van der Waals surface area contributed by atoms with E-state index in [4.69, 9.17) is 17.0 Å². The van der Waals surface area contributed by atoms with Crippen LogP contribution in [0.4, 0.5) is 0 Å². The standard InChI is InChI=1S/C16H17NO4S3/c1-21-11-5-3-10(4-6-11)9-13-14(18)17(16(22)24-13)12(15(19)20)7-8-23-2/h3-6,9,12H,7-8H2,1-2H3,(H,19,20)/p-1/b13-9-/t12-/m1/s1. The van der Waals surface area contributed by atoms with Crippen LogP contribution in [0.1, 0.15) is 12.0 Å². The molecule has 1 aromatic carbocycles. The van der Waals surface area contributed by atoms with Gasteiger partial charge < -0.3 is 14.6 Å². The number of carboxylic acid groups (broad SMARTS) is 1. The number of rotatable bonds is 7. The zero-order chi connectivity index (χ0) is 17.7. The number of benzene rings is 1. The summed E-state index contributed by atoms with van der Waals surface area (Å²) in [5.74, 6) is -0.358. The van der Waals surface area contributed by atoms with Crippen molar-refractivity contribution >= 4 is 58.0 Å². The van der Waals surface area contributed by atoms with Crippen LogP contribution in [0.3, 0.4) is 0 Å². The molecule has 0 saturated carbocycles. The number of carboxylic acids is 1. The highest BCUT2D eigenvalue weighted by atomic mass is 32.2. The van der Waals surface area contributed by atoms with Gasteiger partial charge in [0.25, 0.3) is 5.91 Å². The van der Waals surface area contributed by atoms with E-state index >= 15 is 0 Å². The number of carbonyl (C=O) groups excluding carboxylic acids is 2. The first-order chi connectivity index (χ1) is 11.5. The van der Waals surface area contributed by atoms with E-state index in [2.05, 4.69) is 0 Å². The maximum absolute atomic E-state index is 12.6. The summed E-state index contributed by atoms with van der Waals surface area (Å²) in [5, 5.41) is 11.4. The van der Waals surface area contributed by atoms with Crippen LogP contribution in [0.25, 0.3) is 6.08 Å². The highest BCUT2D eigenvalue weighted by Crippen LogP contribution is 2.34. The molecule has 0 spiro atoms. The van der Waals surface area contributed by atoms with Gasteiger partial charge in [-0.3, -0.25) is 9.69 Å². The van der Waals surface area contributed by atoms with E-state index in [0.29, 0.717) is 22.8 Å². The van der Waals surface area contributed by atoms with E-state index in [0.717, 1.165) is 22.2 Å². The van der Waals surface area contributed by atoms with Gasteiger partial charge in [0.15, 0.2) is 0 Å². The zero-order valence-electron chi connectivity index (χ0n) is 13.2. The van der Waals surface area contributed by atoms with Crippen molar-refractivity contribution in [3.05, 3.63) is 34.7 Å². The average molecular weight is 383 g/mol. The van der Waals surface area contributed by atoms with E-state index in [-0.39, 0.29) is 4.32 Å². The Balaban J connectivity index is 2.23. The van der Waals surface area contributed by atoms with Crippen molar-refractivity contribution in [2.24, 2.45) is 0 Å². The van der Waals surface area contributed by atoms with Gasteiger partial charge in [0.1, 0.15) is 10.1 Å². The van der Waals surface area contributed by atoms with Crippen LogP contribution in [0.15, 0.2) is 29.2 Å². The molecule has 2 rings (SSSR count). The minimum atomic E-state index is -1.29. The molecule has 24 heavy (non-hydrogen) atoms. The van der Waals surface area contributed by atoms with Crippen LogP contribution >= 0.6 is 35.7 Å². The lowest BCUT2D eigenvalue weighted by Crippen LogP contribution is -2.50. The summed E-state index contributed by atoms with van der Waals surface area (Å²) in [6.45, 7) is 0. The Morgan fingerprint density at radius 3 is 2.67 bits per heavy atom. The molecule has 1 saturated heterocycles. The van der Waals surface area contributed by atoms with Gasteiger partial charge in [-0.2, -0.15) is 11.8 Å². The molecule has 1 amide bonds. The summed E-state index contributed by atoms with van der Waals surface area (Å²) >= 11 is 7.82. The summed E-state index contributed by atoms with van der Waals surface area (Å²) < 4.78 is 5.34. The molecule has 1 heterocycles. The Morgan fingerprint density at radius 1 is 1.46 bits per heavy atom. The molecule has 5 nitrogen and oxygen atoms in total. The summed E-state index contributed by atoms with van der Waals surface area (Å²) in [7, 11) is 1.58. The molecule has 0 bridgehead atoms. The zero-order valence-corrected chi connectivity index (χ0v) is 15.6. The van der Waals surface area contributed by atoms with Crippen molar-refractivity contribution in [2.75, 3.05) is 19.1 Å². The molecule has 1 aromatic rings. The molecule has 0 aromatic heterocycles. The second kappa shape index (κ2) is 8.55. The number of thiocarbonyl (C=S) groups is 1. The van der Waals surface area contributed by atoms with Crippen LogP contribution in [-0.2, 0) is 9.59 Å². The van der Waals surface area contributed by atoms with E-state index in [1.807, 2.05) is 18.4 Å². The van der Waals surface area contributed by atoms with E-state index < -0.39 is 17.9 Å². The number of carbonyl (C=O) groups is 2. The number of ether oxygens (including phenoxy) is 1. The molecule has 1 aliphatic rings. The van der Waals surface area contributed by atoms with Gasteiger partial charge in [-0.25, -0.2) is 0 Å². The molecule has 0 radical (unpaired) electrons. The minimum Gasteiger partial charge on any atom is -0.548 e. The molecule has 0 N–H and O–H groups in total. The molecule has 1 fully saturated rings. The second-order valence-electron chi connectivity index (χ2n) is 4.94. The van der Waals surface area contributed by atoms with Crippen LogP contribution in [0.2, 0.25) is 0 Å². The lowest BCUT2D eigenvalue weighted by molar-refractivity contribution is -0.310. The summed E-state index contributed by atoms with van der Waals surface area (Å²) in [6, 6.07) is 6.17. The maximum atomic E-state index is 12.6. The van der Waals surface area contributed by atoms with Gasteiger partial charge in [-0.15, -0.1) is 0 Å². The number of amides is 1. The SMILES string of the molecule is COc1ccc(/C=C2\SC(=S)N([C@H](CCSC)C(=O)[O-])C2=O)cc1. The predicted molar refractivity (Wildman–Crippen MR) is 99.8 cm³/mol. The lowest BCUT2D eigenvalue weighted by atomic mass is 10.1. The second-order valence-corrected chi connectivity index (χ2v) is 7.60. The number of aliphatic carboxylic acids is 1. The topological polar surface area (TPSA) is 69.7 Å². The number of nitrogens with zero attached hydrogens (tertiary/aromatic N) is 1. The first-order valence-corrected chi connectivity index (χ1v) is 9.70. The van der Waals surface area contributed by atoms with Crippen molar-refractivity contribution in [3.63, 3.8) is 0 Å². The third-order valence-electron chi connectivity index (χ3n) is 3.42. The smallest absolute Gasteiger partial charge is 0.266 e. The van der Waals surface area contributed by atoms with E-state index in [1.165, 1.54) is 11.8 Å². The largest absolute Gasteiger partial charge is 0.548 e. The monoisotopic (exact) mass is 382 g/mol. The quantitative estimate of drug-likeness (QED) is 0.526. The number of hydrogen-bond acceptors (Lipinski definition) is 7. The molecule has 1 aliphatic heterocycles. The predicted octanol–water partition coefficient (Wildman–Crippen LogP) is 1.77. The van der Waals surface area contributed by atoms with Gasteiger partial charge in [0.2, 0.25) is 0 Å². The minimum absolute atomic E-state index is 0.245. The number of methoxy groups -OCH3 is 1. The van der Waals surface area contributed by atoms with Crippen molar-refractivity contribution < 1.29 is 19.4 Å². The highest BCUT2D eigenvalue weighted by Gasteiger charge is 2.37. The lowest BCUT2D eigenvalue weighted by Gasteiger charge is -2.27. The van der Waals surface area contributed by atoms with Crippen LogP contribution in [0.5, 0.6) is 5.75 Å². The van der Waals surface area contributed by atoms with Gasteiger partial charge in [-0.1, -0.05) is 36.1 Å². The Bertz CT molecular complexity index is 672. The van der Waals surface area contributed by atoms with Crippen LogP contribution < -0.4 is 9.84 Å².